The fraction of sp³-hybridized carbons (Fsp3) is 0.462. The van der Waals surface area contributed by atoms with E-state index in [9.17, 15) is 4.79 Å². The number of nitrogen functional groups attached to an aromatic ring is 1. The molecule has 1 amide bonds. The second kappa shape index (κ2) is 7.68. The van der Waals surface area contributed by atoms with Crippen molar-refractivity contribution in [2.75, 3.05) is 33.1 Å². The van der Waals surface area contributed by atoms with Crippen molar-refractivity contribution in [2.45, 2.75) is 12.5 Å². The van der Waals surface area contributed by atoms with Gasteiger partial charge < -0.3 is 20.5 Å². The molecule has 18 heavy (non-hydrogen) atoms. The maximum Gasteiger partial charge on any atom is 0.224 e. The van der Waals surface area contributed by atoms with Gasteiger partial charge in [-0.15, -0.1) is 0 Å². The van der Waals surface area contributed by atoms with Crippen molar-refractivity contribution in [3.05, 3.63) is 29.8 Å². The summed E-state index contributed by atoms with van der Waals surface area (Å²) in [6.07, 6.45) is 0.142. The van der Waals surface area contributed by atoms with Gasteiger partial charge in [-0.2, -0.15) is 0 Å². The van der Waals surface area contributed by atoms with Crippen LogP contribution >= 0.6 is 0 Å². The first-order valence-electron chi connectivity index (χ1n) is 5.79. The molecule has 1 rings (SSSR count). The van der Waals surface area contributed by atoms with Crippen LogP contribution in [0.1, 0.15) is 5.56 Å². The molecule has 1 aromatic carbocycles. The average molecular weight is 252 g/mol. The number of benzene rings is 1. The van der Waals surface area contributed by atoms with Gasteiger partial charge in [0.15, 0.2) is 0 Å². The first-order valence-corrected chi connectivity index (χ1v) is 5.79. The summed E-state index contributed by atoms with van der Waals surface area (Å²) >= 11 is 0. The highest BCUT2D eigenvalue weighted by atomic mass is 16.5. The maximum absolute atomic E-state index is 11.7. The van der Waals surface area contributed by atoms with Crippen molar-refractivity contribution in [3.8, 4) is 0 Å². The van der Waals surface area contributed by atoms with E-state index in [0.717, 1.165) is 5.56 Å². The van der Waals surface area contributed by atoms with E-state index in [-0.39, 0.29) is 18.4 Å². The number of ether oxygens (including phenoxy) is 2. The lowest BCUT2D eigenvalue weighted by atomic mass is 10.1. The summed E-state index contributed by atoms with van der Waals surface area (Å²) in [6, 6.07) is 7.33. The number of para-hydroxylation sites is 1. The van der Waals surface area contributed by atoms with Crippen LogP contribution in [-0.2, 0) is 20.7 Å². The van der Waals surface area contributed by atoms with Gasteiger partial charge in [0.25, 0.3) is 0 Å². The Bertz CT molecular complexity index is 382. The minimum Gasteiger partial charge on any atom is -0.398 e. The highest BCUT2D eigenvalue weighted by molar-refractivity contribution is 5.80. The van der Waals surface area contributed by atoms with Crippen LogP contribution in [0.3, 0.4) is 0 Å². The van der Waals surface area contributed by atoms with Gasteiger partial charge in [0.1, 0.15) is 0 Å². The quantitative estimate of drug-likeness (QED) is 0.697. The minimum atomic E-state index is -0.132. The van der Waals surface area contributed by atoms with E-state index >= 15 is 0 Å². The molecule has 5 heteroatoms. The molecule has 0 spiro atoms. The molecular formula is C13H20N2O3. The Labute approximate surface area is 107 Å². The first-order chi connectivity index (χ1) is 8.67. The normalized spacial score (nSPS) is 12.1. The molecule has 3 N–H and O–H groups in total. The van der Waals surface area contributed by atoms with Crippen molar-refractivity contribution in [1.82, 2.24) is 5.32 Å². The number of hydrogen-bond donors (Lipinski definition) is 2. The summed E-state index contributed by atoms with van der Waals surface area (Å²) in [5.41, 5.74) is 7.24. The van der Waals surface area contributed by atoms with Gasteiger partial charge >= 0.3 is 0 Å². The van der Waals surface area contributed by atoms with Gasteiger partial charge in [-0.25, -0.2) is 0 Å². The lowest BCUT2D eigenvalue weighted by molar-refractivity contribution is -0.121. The van der Waals surface area contributed by atoms with Crippen molar-refractivity contribution >= 4 is 11.6 Å². The Morgan fingerprint density at radius 1 is 1.39 bits per heavy atom. The Balaban J connectivity index is 2.40. The molecule has 5 nitrogen and oxygen atoms in total. The Morgan fingerprint density at radius 2 is 2.11 bits per heavy atom. The fourth-order valence-corrected chi connectivity index (χ4v) is 1.55. The van der Waals surface area contributed by atoms with Crippen molar-refractivity contribution in [3.63, 3.8) is 0 Å². The third-order valence-corrected chi connectivity index (χ3v) is 2.62. The molecule has 0 aliphatic heterocycles. The first kappa shape index (κ1) is 14.5. The zero-order chi connectivity index (χ0) is 13.4. The second-order valence-electron chi connectivity index (χ2n) is 3.99. The van der Waals surface area contributed by atoms with Gasteiger partial charge in [0.2, 0.25) is 5.91 Å². The third kappa shape index (κ3) is 4.73. The lowest BCUT2D eigenvalue weighted by Gasteiger charge is -2.15. The molecule has 0 fully saturated rings. The third-order valence-electron chi connectivity index (χ3n) is 2.62. The van der Waals surface area contributed by atoms with Gasteiger partial charge in [-0.1, -0.05) is 18.2 Å². The highest BCUT2D eigenvalue weighted by Crippen LogP contribution is 2.10. The Hall–Kier alpha value is -1.59. The maximum atomic E-state index is 11.7. The smallest absolute Gasteiger partial charge is 0.224 e. The summed E-state index contributed by atoms with van der Waals surface area (Å²) < 4.78 is 10.1. The summed E-state index contributed by atoms with van der Waals surface area (Å²) in [5, 5.41) is 2.79. The molecule has 100 valence electrons. The largest absolute Gasteiger partial charge is 0.398 e. The van der Waals surface area contributed by atoms with E-state index in [1.165, 1.54) is 0 Å². The number of rotatable bonds is 7. The number of nitrogens with one attached hydrogen (secondary N) is 1. The predicted molar refractivity (Wildman–Crippen MR) is 70.2 cm³/mol. The zero-order valence-electron chi connectivity index (χ0n) is 10.8. The summed E-state index contributed by atoms with van der Waals surface area (Å²) in [7, 11) is 3.18. The van der Waals surface area contributed by atoms with Crippen molar-refractivity contribution < 1.29 is 14.3 Å². The average Bonchev–Trinajstić information content (AvgIpc) is 2.37. The standard InChI is InChI=1S/C13H20N2O3/c1-17-9-11(18-2)8-15-13(16)7-10-5-3-4-6-12(10)14/h3-6,11H,7-9,14H2,1-2H3,(H,15,16). The SMILES string of the molecule is COCC(CNC(=O)Cc1ccccc1N)OC. The van der Waals surface area contributed by atoms with Gasteiger partial charge in [-0.05, 0) is 11.6 Å². The number of anilines is 1. The molecular weight excluding hydrogens is 232 g/mol. The lowest BCUT2D eigenvalue weighted by Crippen LogP contribution is -2.36. The number of carbonyl (C=O) groups excluding carboxylic acids is 1. The van der Waals surface area contributed by atoms with Crippen molar-refractivity contribution in [1.29, 1.82) is 0 Å². The summed E-state index contributed by atoms with van der Waals surface area (Å²) in [6.45, 7) is 0.875. The molecule has 1 unspecified atom stereocenters. The molecule has 0 aliphatic carbocycles. The van der Waals surface area contributed by atoms with Crippen LogP contribution < -0.4 is 11.1 Å². The van der Waals surface area contributed by atoms with Crippen LogP contribution in [0.5, 0.6) is 0 Å². The summed E-state index contributed by atoms with van der Waals surface area (Å²) in [5.74, 6) is -0.0777. The molecule has 0 aliphatic rings. The van der Waals surface area contributed by atoms with Gasteiger partial charge in [0.05, 0.1) is 19.1 Å². The number of carbonyl (C=O) groups is 1. The molecule has 0 saturated heterocycles. The predicted octanol–water partition coefficient (Wildman–Crippen LogP) is 0.589. The van der Waals surface area contributed by atoms with Crippen molar-refractivity contribution in [2.24, 2.45) is 0 Å². The molecule has 0 radical (unpaired) electrons. The number of methoxy groups -OCH3 is 2. The zero-order valence-corrected chi connectivity index (χ0v) is 10.8. The van der Waals surface area contributed by atoms with Gasteiger partial charge in [-0.3, -0.25) is 4.79 Å². The van der Waals surface area contributed by atoms with Crippen LogP contribution in [0.25, 0.3) is 0 Å². The minimum absolute atomic E-state index is 0.0777. The van der Waals surface area contributed by atoms with Crippen LogP contribution in [0.15, 0.2) is 24.3 Å². The van der Waals surface area contributed by atoms with Gasteiger partial charge in [0, 0.05) is 26.5 Å². The second-order valence-corrected chi connectivity index (χ2v) is 3.99. The monoisotopic (exact) mass is 252 g/mol. The highest BCUT2D eigenvalue weighted by Gasteiger charge is 2.10. The number of amides is 1. The molecule has 0 bridgehead atoms. The number of nitrogens with two attached hydrogens (primary N) is 1. The van der Waals surface area contributed by atoms with E-state index in [1.807, 2.05) is 18.2 Å². The topological polar surface area (TPSA) is 73.6 Å². The van der Waals surface area contributed by atoms with Crippen LogP contribution in [0.4, 0.5) is 5.69 Å². The fourth-order valence-electron chi connectivity index (χ4n) is 1.55. The molecule has 1 atom stereocenters. The van der Waals surface area contributed by atoms with E-state index in [0.29, 0.717) is 18.8 Å². The van der Waals surface area contributed by atoms with E-state index < -0.39 is 0 Å². The molecule has 1 aromatic rings. The Kier molecular flexibility index (Phi) is 6.18. The van der Waals surface area contributed by atoms with E-state index in [2.05, 4.69) is 5.32 Å². The van der Waals surface area contributed by atoms with Crippen LogP contribution in [0, 0.1) is 0 Å². The Morgan fingerprint density at radius 3 is 2.72 bits per heavy atom. The summed E-state index contributed by atoms with van der Waals surface area (Å²) in [4.78, 5) is 11.7. The number of hydrogen-bond acceptors (Lipinski definition) is 4. The van der Waals surface area contributed by atoms with E-state index in [1.54, 1.807) is 20.3 Å². The van der Waals surface area contributed by atoms with E-state index in [4.69, 9.17) is 15.2 Å². The molecule has 0 saturated carbocycles. The molecule has 0 aromatic heterocycles. The van der Waals surface area contributed by atoms with Crippen LogP contribution in [-0.4, -0.2) is 39.4 Å². The van der Waals surface area contributed by atoms with Crippen LogP contribution in [0.2, 0.25) is 0 Å². The molecule has 0 heterocycles.